The summed E-state index contributed by atoms with van der Waals surface area (Å²) >= 11 is 0. The number of aromatic nitrogens is 2. The van der Waals surface area contributed by atoms with Gasteiger partial charge in [-0.25, -0.2) is 4.98 Å². The van der Waals surface area contributed by atoms with E-state index >= 15 is 0 Å². The summed E-state index contributed by atoms with van der Waals surface area (Å²) in [7, 11) is 0. The van der Waals surface area contributed by atoms with Crippen molar-refractivity contribution in [3.63, 3.8) is 0 Å². The largest absolute Gasteiger partial charge is 0.369 e. The Morgan fingerprint density at radius 1 is 1.47 bits per heavy atom. The normalized spacial score (nSPS) is 14.2. The lowest BCUT2D eigenvalue weighted by molar-refractivity contribution is -0.120. The third-order valence-electron chi connectivity index (χ3n) is 2.95. The number of carbonyl (C=O) groups is 1. The van der Waals surface area contributed by atoms with Crippen LogP contribution in [-0.4, -0.2) is 29.0 Å². The quantitative estimate of drug-likeness (QED) is 0.685. The van der Waals surface area contributed by atoms with Crippen molar-refractivity contribution < 1.29 is 4.79 Å². The Kier molecular flexibility index (Phi) is 4.54. The van der Waals surface area contributed by atoms with E-state index in [0.717, 1.165) is 25.1 Å². The van der Waals surface area contributed by atoms with Crippen LogP contribution < -0.4 is 16.2 Å². The Balaban J connectivity index is 1.82. The van der Waals surface area contributed by atoms with Gasteiger partial charge in [-0.1, -0.05) is 6.92 Å². The Morgan fingerprint density at radius 2 is 2.26 bits per heavy atom. The molecule has 1 amide bonds. The molecule has 0 atom stereocenters. The number of carbonyl (C=O) groups excluding carboxylic acids is 1. The fourth-order valence-electron chi connectivity index (χ4n) is 1.77. The van der Waals surface area contributed by atoms with Crippen LogP contribution in [0.1, 0.15) is 44.3 Å². The first-order valence-corrected chi connectivity index (χ1v) is 6.81. The lowest BCUT2D eigenvalue weighted by Gasteiger charge is -2.07. The molecular weight excluding hydrogens is 244 g/mol. The summed E-state index contributed by atoms with van der Waals surface area (Å²) in [4.78, 5) is 30.0. The maximum atomic E-state index is 11.5. The van der Waals surface area contributed by atoms with Crippen LogP contribution in [-0.2, 0) is 4.79 Å². The van der Waals surface area contributed by atoms with Crippen molar-refractivity contribution in [3.8, 4) is 0 Å². The van der Waals surface area contributed by atoms with Gasteiger partial charge in [-0.05, 0) is 19.3 Å². The molecule has 1 aliphatic carbocycles. The Hall–Kier alpha value is -1.85. The molecule has 1 aliphatic rings. The number of nitrogens with zero attached hydrogens (tertiary/aromatic N) is 1. The molecular formula is C13H20N4O2. The van der Waals surface area contributed by atoms with E-state index < -0.39 is 0 Å². The average molecular weight is 264 g/mol. The lowest BCUT2D eigenvalue weighted by atomic mass is 10.3. The number of aromatic amines is 1. The van der Waals surface area contributed by atoms with E-state index in [4.69, 9.17) is 0 Å². The zero-order valence-corrected chi connectivity index (χ0v) is 11.2. The number of nitrogens with one attached hydrogen (secondary N) is 3. The SMILES string of the molecule is CCCNC(=O)CCNc1cc(=O)[nH]c(C2CC2)n1. The molecule has 0 aliphatic heterocycles. The summed E-state index contributed by atoms with van der Waals surface area (Å²) in [6, 6.07) is 1.43. The molecule has 0 bridgehead atoms. The molecule has 0 saturated heterocycles. The van der Waals surface area contributed by atoms with Crippen LogP contribution in [0.3, 0.4) is 0 Å². The summed E-state index contributed by atoms with van der Waals surface area (Å²) in [5, 5.41) is 5.83. The molecule has 1 aromatic rings. The second-order valence-corrected chi connectivity index (χ2v) is 4.82. The minimum atomic E-state index is -0.144. The van der Waals surface area contributed by atoms with Crippen molar-refractivity contribution in [1.82, 2.24) is 15.3 Å². The van der Waals surface area contributed by atoms with Crippen LogP contribution in [0.4, 0.5) is 5.82 Å². The molecule has 0 aromatic carbocycles. The molecule has 6 heteroatoms. The molecule has 104 valence electrons. The molecule has 0 spiro atoms. The zero-order chi connectivity index (χ0) is 13.7. The monoisotopic (exact) mass is 264 g/mol. The van der Waals surface area contributed by atoms with Gasteiger partial charge in [-0.2, -0.15) is 0 Å². The van der Waals surface area contributed by atoms with Crippen molar-refractivity contribution in [2.75, 3.05) is 18.4 Å². The number of anilines is 1. The average Bonchev–Trinajstić information content (AvgIpc) is 3.20. The number of amides is 1. The second-order valence-electron chi connectivity index (χ2n) is 4.82. The summed E-state index contributed by atoms with van der Waals surface area (Å²) in [5.74, 6) is 1.73. The summed E-state index contributed by atoms with van der Waals surface area (Å²) < 4.78 is 0. The van der Waals surface area contributed by atoms with Crippen LogP contribution in [0.25, 0.3) is 0 Å². The van der Waals surface area contributed by atoms with Crippen molar-refractivity contribution in [2.45, 2.75) is 38.5 Å². The molecule has 3 N–H and O–H groups in total. The first-order valence-electron chi connectivity index (χ1n) is 6.81. The van der Waals surface area contributed by atoms with Gasteiger partial charge in [-0.3, -0.25) is 9.59 Å². The van der Waals surface area contributed by atoms with Crippen molar-refractivity contribution >= 4 is 11.7 Å². The highest BCUT2D eigenvalue weighted by Crippen LogP contribution is 2.37. The molecule has 6 nitrogen and oxygen atoms in total. The van der Waals surface area contributed by atoms with Crippen molar-refractivity contribution in [3.05, 3.63) is 22.2 Å². The zero-order valence-electron chi connectivity index (χ0n) is 11.2. The molecule has 1 aromatic heterocycles. The van der Waals surface area contributed by atoms with Crippen LogP contribution >= 0.6 is 0 Å². The van der Waals surface area contributed by atoms with E-state index in [1.54, 1.807) is 0 Å². The van der Waals surface area contributed by atoms with Gasteiger partial charge in [0.1, 0.15) is 11.6 Å². The number of H-pyrrole nitrogens is 1. The van der Waals surface area contributed by atoms with Gasteiger partial charge in [0.15, 0.2) is 0 Å². The van der Waals surface area contributed by atoms with Gasteiger partial charge < -0.3 is 15.6 Å². The molecule has 1 heterocycles. The van der Waals surface area contributed by atoms with Gasteiger partial charge >= 0.3 is 0 Å². The molecule has 0 radical (unpaired) electrons. The summed E-state index contributed by atoms with van der Waals surface area (Å²) in [5.41, 5.74) is -0.144. The van der Waals surface area contributed by atoms with Crippen LogP contribution in [0, 0.1) is 0 Å². The predicted octanol–water partition coefficient (Wildman–Crippen LogP) is 0.975. The van der Waals surface area contributed by atoms with E-state index in [9.17, 15) is 9.59 Å². The number of hydrogen-bond donors (Lipinski definition) is 3. The van der Waals surface area contributed by atoms with Crippen LogP contribution in [0.5, 0.6) is 0 Å². The Bertz CT molecular complexity index is 494. The molecule has 19 heavy (non-hydrogen) atoms. The Labute approximate surface area is 112 Å². The summed E-state index contributed by atoms with van der Waals surface area (Å²) in [6.07, 6.45) is 3.49. The maximum absolute atomic E-state index is 11.5. The molecule has 1 fully saturated rings. The standard InChI is InChI=1S/C13H20N4O2/c1-2-6-15-11(18)5-7-14-10-8-12(19)17-13(16-10)9-3-4-9/h8-9H,2-7H2,1H3,(H,15,18)(H2,14,16,17,19). The van der Waals surface area contributed by atoms with Crippen molar-refractivity contribution in [2.24, 2.45) is 0 Å². The molecule has 0 unspecified atom stereocenters. The van der Waals surface area contributed by atoms with Crippen LogP contribution in [0.2, 0.25) is 0 Å². The minimum absolute atomic E-state index is 0.0154. The molecule has 2 rings (SSSR count). The van der Waals surface area contributed by atoms with E-state index in [0.29, 0.717) is 31.2 Å². The number of rotatable bonds is 7. The maximum Gasteiger partial charge on any atom is 0.252 e. The van der Waals surface area contributed by atoms with Gasteiger partial charge in [0.25, 0.3) is 5.56 Å². The van der Waals surface area contributed by atoms with E-state index in [-0.39, 0.29) is 11.5 Å². The van der Waals surface area contributed by atoms with Crippen LogP contribution in [0.15, 0.2) is 10.9 Å². The summed E-state index contributed by atoms with van der Waals surface area (Å²) in [6.45, 7) is 3.20. The third kappa shape index (κ3) is 4.39. The highest BCUT2D eigenvalue weighted by atomic mass is 16.1. The highest BCUT2D eigenvalue weighted by Gasteiger charge is 2.26. The smallest absolute Gasteiger partial charge is 0.252 e. The first kappa shape index (κ1) is 13.6. The van der Waals surface area contributed by atoms with E-state index in [1.165, 1.54) is 6.07 Å². The highest BCUT2D eigenvalue weighted by molar-refractivity contribution is 5.76. The van der Waals surface area contributed by atoms with E-state index in [2.05, 4.69) is 20.6 Å². The second kappa shape index (κ2) is 6.36. The topological polar surface area (TPSA) is 86.9 Å². The van der Waals surface area contributed by atoms with Gasteiger partial charge in [0.05, 0.1) is 0 Å². The molecule has 1 saturated carbocycles. The van der Waals surface area contributed by atoms with Crippen molar-refractivity contribution in [1.29, 1.82) is 0 Å². The fourth-order valence-corrected chi connectivity index (χ4v) is 1.77. The van der Waals surface area contributed by atoms with Gasteiger partial charge in [0.2, 0.25) is 5.91 Å². The lowest BCUT2D eigenvalue weighted by Crippen LogP contribution is -2.26. The Morgan fingerprint density at radius 3 is 2.95 bits per heavy atom. The number of hydrogen-bond acceptors (Lipinski definition) is 4. The van der Waals surface area contributed by atoms with Gasteiger partial charge in [-0.15, -0.1) is 0 Å². The first-order chi connectivity index (χ1) is 9.19. The third-order valence-corrected chi connectivity index (χ3v) is 2.95. The van der Waals surface area contributed by atoms with E-state index in [1.807, 2.05) is 6.92 Å². The predicted molar refractivity (Wildman–Crippen MR) is 73.2 cm³/mol. The minimum Gasteiger partial charge on any atom is -0.369 e. The fraction of sp³-hybridized carbons (Fsp3) is 0.615. The van der Waals surface area contributed by atoms with Gasteiger partial charge in [0, 0.05) is 31.5 Å².